The monoisotopic (exact) mass is 367 g/mol. The number of aromatic nitrogens is 3. The lowest BCUT2D eigenvalue weighted by atomic mass is 9.94. The summed E-state index contributed by atoms with van der Waals surface area (Å²) in [7, 11) is 0. The maximum Gasteiger partial charge on any atom is 0.227 e. The number of nitrogens with zero attached hydrogens (tertiary/aromatic N) is 4. The van der Waals surface area contributed by atoms with Crippen LogP contribution >= 0.6 is 0 Å². The van der Waals surface area contributed by atoms with Gasteiger partial charge in [-0.2, -0.15) is 0 Å². The minimum Gasteiger partial charge on any atom is -0.342 e. The third-order valence-corrected chi connectivity index (χ3v) is 6.03. The second kappa shape index (κ2) is 7.43. The highest BCUT2D eigenvalue weighted by Crippen LogP contribution is 2.28. The Kier molecular flexibility index (Phi) is 5.00. The molecule has 6 heteroatoms. The van der Waals surface area contributed by atoms with Gasteiger partial charge in [0.05, 0.1) is 13.0 Å². The zero-order valence-electron chi connectivity index (χ0n) is 16.6. The maximum atomic E-state index is 12.9. The molecule has 3 heterocycles. The number of piperidine rings is 1. The van der Waals surface area contributed by atoms with E-state index < -0.39 is 0 Å². The lowest BCUT2D eigenvalue weighted by molar-refractivity contribution is -0.131. The van der Waals surface area contributed by atoms with Crippen LogP contribution in [0.5, 0.6) is 0 Å². The van der Waals surface area contributed by atoms with Gasteiger partial charge in [0.1, 0.15) is 11.6 Å². The molecule has 0 spiro atoms. The molecular formula is C21H29N5O. The highest BCUT2D eigenvalue weighted by atomic mass is 16.2. The zero-order chi connectivity index (χ0) is 19.0. The highest BCUT2D eigenvalue weighted by Gasteiger charge is 2.29. The minimum atomic E-state index is 0.246. The van der Waals surface area contributed by atoms with Crippen molar-refractivity contribution in [2.75, 3.05) is 19.6 Å². The van der Waals surface area contributed by atoms with E-state index in [1.165, 1.54) is 22.3 Å². The van der Waals surface area contributed by atoms with Crippen LogP contribution < -0.4 is 5.32 Å². The van der Waals surface area contributed by atoms with Gasteiger partial charge in [-0.25, -0.2) is 0 Å². The number of rotatable bonds is 3. The Labute approximate surface area is 161 Å². The maximum absolute atomic E-state index is 12.9. The molecule has 0 atom stereocenters. The number of amides is 1. The average Bonchev–Trinajstić information content (AvgIpc) is 3.09. The molecule has 1 fully saturated rings. The second-order valence-electron chi connectivity index (χ2n) is 8.01. The van der Waals surface area contributed by atoms with Crippen LogP contribution in [0.2, 0.25) is 0 Å². The van der Waals surface area contributed by atoms with E-state index in [1.807, 2.05) is 4.90 Å². The summed E-state index contributed by atoms with van der Waals surface area (Å²) < 4.78 is 2.28. The van der Waals surface area contributed by atoms with E-state index in [0.29, 0.717) is 12.3 Å². The summed E-state index contributed by atoms with van der Waals surface area (Å²) in [5.41, 5.74) is 4.89. The Morgan fingerprint density at radius 2 is 1.81 bits per heavy atom. The molecule has 27 heavy (non-hydrogen) atoms. The molecule has 6 nitrogen and oxygen atoms in total. The van der Waals surface area contributed by atoms with Crippen molar-refractivity contribution in [2.45, 2.75) is 59.0 Å². The third-order valence-electron chi connectivity index (χ3n) is 6.03. The Hall–Kier alpha value is -2.21. The van der Waals surface area contributed by atoms with Crippen LogP contribution in [-0.2, 0) is 24.3 Å². The number of nitrogens with one attached hydrogen (secondary N) is 1. The van der Waals surface area contributed by atoms with Gasteiger partial charge in [-0.3, -0.25) is 4.79 Å². The van der Waals surface area contributed by atoms with Crippen LogP contribution in [0.1, 0.15) is 52.7 Å². The van der Waals surface area contributed by atoms with Crippen molar-refractivity contribution >= 4 is 5.91 Å². The van der Waals surface area contributed by atoms with E-state index in [9.17, 15) is 4.79 Å². The smallest absolute Gasteiger partial charge is 0.227 e. The first-order valence-corrected chi connectivity index (χ1v) is 10.00. The number of likely N-dealkylation sites (tertiary alicyclic amines) is 1. The Morgan fingerprint density at radius 3 is 2.52 bits per heavy atom. The fourth-order valence-electron chi connectivity index (χ4n) is 4.56. The Morgan fingerprint density at radius 1 is 1.11 bits per heavy atom. The van der Waals surface area contributed by atoms with Gasteiger partial charge >= 0.3 is 0 Å². The molecule has 0 unspecified atom stereocenters. The molecule has 1 aromatic heterocycles. The van der Waals surface area contributed by atoms with E-state index in [4.69, 9.17) is 0 Å². The summed E-state index contributed by atoms with van der Waals surface area (Å²) in [6.07, 6.45) is 2.46. The van der Waals surface area contributed by atoms with Gasteiger partial charge in [-0.1, -0.05) is 17.7 Å². The Balaban J connectivity index is 1.39. The van der Waals surface area contributed by atoms with Gasteiger partial charge < -0.3 is 14.8 Å². The van der Waals surface area contributed by atoms with Gasteiger partial charge in [0.25, 0.3) is 0 Å². The van der Waals surface area contributed by atoms with Crippen LogP contribution in [0.25, 0.3) is 0 Å². The van der Waals surface area contributed by atoms with Crippen molar-refractivity contribution in [3.63, 3.8) is 0 Å². The molecule has 0 radical (unpaired) electrons. The van der Waals surface area contributed by atoms with Gasteiger partial charge in [0.15, 0.2) is 0 Å². The fourth-order valence-corrected chi connectivity index (χ4v) is 4.56. The molecule has 4 rings (SSSR count). The number of aryl methyl sites for hydroxylation is 3. The standard InChI is InChI=1S/C21H29N5O/c1-14-10-15(2)18(16(3)11-14)12-20(27)25-7-4-17(5-8-25)21-24-23-19-13-22-6-9-26(19)21/h10-11,17,22H,4-9,12-13H2,1-3H3. The number of hydrogen-bond acceptors (Lipinski definition) is 4. The van der Waals surface area contributed by atoms with Crippen LogP contribution in [0.15, 0.2) is 12.1 Å². The summed E-state index contributed by atoms with van der Waals surface area (Å²) in [6, 6.07) is 4.34. The van der Waals surface area contributed by atoms with Crippen molar-refractivity contribution in [3.05, 3.63) is 46.0 Å². The van der Waals surface area contributed by atoms with Crippen molar-refractivity contribution in [1.29, 1.82) is 0 Å². The number of hydrogen-bond donors (Lipinski definition) is 1. The van der Waals surface area contributed by atoms with Gasteiger partial charge in [0, 0.05) is 32.1 Å². The van der Waals surface area contributed by atoms with Crippen molar-refractivity contribution in [1.82, 2.24) is 25.0 Å². The lowest BCUT2D eigenvalue weighted by Gasteiger charge is -2.32. The molecule has 2 aromatic rings. The van der Waals surface area contributed by atoms with Crippen LogP contribution in [0.4, 0.5) is 0 Å². The molecule has 2 aliphatic rings. The molecule has 0 aliphatic carbocycles. The summed E-state index contributed by atoms with van der Waals surface area (Å²) in [6.45, 7) is 10.7. The van der Waals surface area contributed by atoms with Crippen LogP contribution in [-0.4, -0.2) is 45.2 Å². The fraction of sp³-hybridized carbons (Fsp3) is 0.571. The molecule has 0 saturated carbocycles. The minimum absolute atomic E-state index is 0.246. The van der Waals surface area contributed by atoms with Gasteiger partial charge in [-0.05, 0) is 50.3 Å². The van der Waals surface area contributed by atoms with E-state index in [-0.39, 0.29) is 5.91 Å². The molecule has 2 aliphatic heterocycles. The summed E-state index contributed by atoms with van der Waals surface area (Å²) in [5.74, 6) is 2.82. The molecule has 1 amide bonds. The molecule has 1 aromatic carbocycles. The first kappa shape index (κ1) is 18.2. The highest BCUT2D eigenvalue weighted by molar-refractivity contribution is 5.79. The molecule has 144 valence electrons. The lowest BCUT2D eigenvalue weighted by Crippen LogP contribution is -2.39. The van der Waals surface area contributed by atoms with Crippen molar-refractivity contribution < 1.29 is 4.79 Å². The van der Waals surface area contributed by atoms with Gasteiger partial charge in [0.2, 0.25) is 5.91 Å². The second-order valence-corrected chi connectivity index (χ2v) is 8.01. The van der Waals surface area contributed by atoms with E-state index in [0.717, 1.165) is 57.2 Å². The number of carbonyl (C=O) groups excluding carboxylic acids is 1. The molecular weight excluding hydrogens is 338 g/mol. The summed E-state index contributed by atoms with van der Waals surface area (Å²) >= 11 is 0. The quantitative estimate of drug-likeness (QED) is 0.904. The van der Waals surface area contributed by atoms with E-state index in [2.05, 4.69) is 53.0 Å². The summed E-state index contributed by atoms with van der Waals surface area (Å²) in [5, 5.41) is 12.1. The van der Waals surface area contributed by atoms with Crippen LogP contribution in [0.3, 0.4) is 0 Å². The van der Waals surface area contributed by atoms with E-state index in [1.54, 1.807) is 0 Å². The van der Waals surface area contributed by atoms with Gasteiger partial charge in [-0.15, -0.1) is 10.2 Å². The molecule has 1 saturated heterocycles. The van der Waals surface area contributed by atoms with Crippen molar-refractivity contribution in [2.24, 2.45) is 0 Å². The largest absolute Gasteiger partial charge is 0.342 e. The van der Waals surface area contributed by atoms with E-state index >= 15 is 0 Å². The molecule has 1 N–H and O–H groups in total. The normalized spacial score (nSPS) is 17.8. The first-order chi connectivity index (χ1) is 13.0. The predicted molar refractivity (Wildman–Crippen MR) is 105 cm³/mol. The average molecular weight is 367 g/mol. The number of carbonyl (C=O) groups is 1. The first-order valence-electron chi connectivity index (χ1n) is 10.00. The topological polar surface area (TPSA) is 63.1 Å². The third kappa shape index (κ3) is 3.63. The van der Waals surface area contributed by atoms with Crippen molar-refractivity contribution in [3.8, 4) is 0 Å². The zero-order valence-corrected chi connectivity index (χ0v) is 16.6. The number of benzene rings is 1. The molecule has 0 bridgehead atoms. The van der Waals surface area contributed by atoms with Crippen LogP contribution in [0, 0.1) is 20.8 Å². The Bertz CT molecular complexity index is 825. The number of fused-ring (bicyclic) bond motifs is 1. The SMILES string of the molecule is Cc1cc(C)c(CC(=O)N2CCC(c3nnc4n3CCNC4)CC2)c(C)c1. The summed E-state index contributed by atoms with van der Waals surface area (Å²) in [4.78, 5) is 14.9. The predicted octanol–water partition coefficient (Wildman–Crippen LogP) is 2.26.